The summed E-state index contributed by atoms with van der Waals surface area (Å²) in [5, 5.41) is 0. The van der Waals surface area contributed by atoms with Gasteiger partial charge in [-0.1, -0.05) is 60.7 Å². The van der Waals surface area contributed by atoms with Crippen LogP contribution in [0.25, 0.3) is 0 Å². The minimum Gasteiger partial charge on any atom is -0.481 e. The van der Waals surface area contributed by atoms with Gasteiger partial charge in [-0.25, -0.2) is 0 Å². The van der Waals surface area contributed by atoms with Crippen molar-refractivity contribution in [1.29, 1.82) is 0 Å². The van der Waals surface area contributed by atoms with Crippen molar-refractivity contribution >= 4 is 5.91 Å². The third kappa shape index (κ3) is 6.54. The predicted molar refractivity (Wildman–Crippen MR) is 164 cm³/mol. The standard InChI is InChI=1S/C34H43N5O4/c1-4-43-34-28(33(42-3)35-32(36-34)26-15-16-26)21-37-19-27-20-38(30(40)23-41-2)17-18-39(27)29(22-37)31(24-11-7-5-8-12-24)25-13-9-6-10-14-25/h5-14,26-27,29,31H,4,15-23H2,1-3H3/t27-,29+/m1/s1. The minimum atomic E-state index is 0.0443. The van der Waals surface area contributed by atoms with Crippen molar-refractivity contribution in [3.05, 3.63) is 83.2 Å². The van der Waals surface area contributed by atoms with Crippen molar-refractivity contribution in [2.24, 2.45) is 0 Å². The first-order chi connectivity index (χ1) is 21.1. The highest BCUT2D eigenvalue weighted by Crippen LogP contribution is 2.41. The van der Waals surface area contributed by atoms with Gasteiger partial charge < -0.3 is 19.1 Å². The second-order valence-electron chi connectivity index (χ2n) is 11.8. The number of hydrogen-bond donors (Lipinski definition) is 0. The maximum absolute atomic E-state index is 12.9. The number of ether oxygens (including phenoxy) is 3. The molecule has 0 N–H and O–H groups in total. The molecule has 1 saturated carbocycles. The molecule has 6 rings (SSSR count). The molecule has 3 aliphatic rings. The van der Waals surface area contributed by atoms with E-state index in [0.717, 1.165) is 43.9 Å². The van der Waals surface area contributed by atoms with E-state index in [9.17, 15) is 4.79 Å². The summed E-state index contributed by atoms with van der Waals surface area (Å²) in [5.41, 5.74) is 3.48. The van der Waals surface area contributed by atoms with Crippen molar-refractivity contribution in [2.45, 2.75) is 50.2 Å². The number of piperazine rings is 2. The van der Waals surface area contributed by atoms with Gasteiger partial charge in [-0.2, -0.15) is 9.97 Å². The Morgan fingerprint density at radius 1 is 0.907 bits per heavy atom. The molecule has 3 fully saturated rings. The summed E-state index contributed by atoms with van der Waals surface area (Å²) in [7, 11) is 3.26. The second-order valence-corrected chi connectivity index (χ2v) is 11.8. The molecule has 228 valence electrons. The van der Waals surface area contributed by atoms with E-state index >= 15 is 0 Å². The molecule has 2 saturated heterocycles. The lowest BCUT2D eigenvalue weighted by Gasteiger charge is -2.53. The zero-order valence-corrected chi connectivity index (χ0v) is 25.5. The molecule has 0 unspecified atom stereocenters. The summed E-state index contributed by atoms with van der Waals surface area (Å²) in [4.78, 5) is 29.7. The molecule has 43 heavy (non-hydrogen) atoms. The van der Waals surface area contributed by atoms with Crippen LogP contribution in [0.3, 0.4) is 0 Å². The number of nitrogens with zero attached hydrogens (tertiary/aromatic N) is 5. The van der Waals surface area contributed by atoms with Gasteiger partial charge in [0.2, 0.25) is 17.7 Å². The van der Waals surface area contributed by atoms with Crippen LogP contribution in [0.1, 0.15) is 54.1 Å². The van der Waals surface area contributed by atoms with Crippen LogP contribution >= 0.6 is 0 Å². The molecular formula is C34H43N5O4. The van der Waals surface area contributed by atoms with Crippen molar-refractivity contribution < 1.29 is 19.0 Å². The van der Waals surface area contributed by atoms with Crippen molar-refractivity contribution in [1.82, 2.24) is 24.7 Å². The monoisotopic (exact) mass is 585 g/mol. The van der Waals surface area contributed by atoms with Crippen LogP contribution in [0, 0.1) is 0 Å². The molecule has 1 aliphatic carbocycles. The van der Waals surface area contributed by atoms with E-state index in [1.165, 1.54) is 11.1 Å². The average molecular weight is 586 g/mol. The Kier molecular flexibility index (Phi) is 9.21. The molecule has 0 bridgehead atoms. The number of carbonyl (C=O) groups excluding carboxylic acids is 1. The number of benzene rings is 2. The van der Waals surface area contributed by atoms with Gasteiger partial charge in [-0.15, -0.1) is 0 Å². The van der Waals surface area contributed by atoms with Crippen LogP contribution in [0.5, 0.6) is 11.8 Å². The smallest absolute Gasteiger partial charge is 0.248 e. The summed E-state index contributed by atoms with van der Waals surface area (Å²) in [6, 6.07) is 22.0. The molecule has 2 atom stereocenters. The summed E-state index contributed by atoms with van der Waals surface area (Å²) in [6.45, 7) is 7.06. The number of hydrogen-bond acceptors (Lipinski definition) is 8. The van der Waals surface area contributed by atoms with Gasteiger partial charge in [-0.05, 0) is 30.9 Å². The Morgan fingerprint density at radius 3 is 2.19 bits per heavy atom. The van der Waals surface area contributed by atoms with Gasteiger partial charge in [0.15, 0.2) is 0 Å². The molecule has 1 aromatic heterocycles. The average Bonchev–Trinajstić information content (AvgIpc) is 3.89. The maximum atomic E-state index is 12.9. The predicted octanol–water partition coefficient (Wildman–Crippen LogP) is 3.94. The van der Waals surface area contributed by atoms with Gasteiger partial charge in [-0.3, -0.25) is 14.6 Å². The van der Waals surface area contributed by atoms with Crippen LogP contribution < -0.4 is 9.47 Å². The van der Waals surface area contributed by atoms with E-state index in [-0.39, 0.29) is 30.5 Å². The first-order valence-electron chi connectivity index (χ1n) is 15.5. The van der Waals surface area contributed by atoms with E-state index < -0.39 is 0 Å². The number of rotatable bonds is 11. The molecule has 0 spiro atoms. The van der Waals surface area contributed by atoms with Crippen LogP contribution in [0.15, 0.2) is 60.7 Å². The van der Waals surface area contributed by atoms with E-state index in [1.54, 1.807) is 14.2 Å². The number of fused-ring (bicyclic) bond motifs is 1. The van der Waals surface area contributed by atoms with Gasteiger partial charge in [0.25, 0.3) is 0 Å². The zero-order chi connectivity index (χ0) is 29.8. The van der Waals surface area contributed by atoms with E-state index in [2.05, 4.69) is 70.5 Å². The number of methoxy groups -OCH3 is 2. The highest BCUT2D eigenvalue weighted by atomic mass is 16.5. The molecular weight excluding hydrogens is 542 g/mol. The fraction of sp³-hybridized carbons (Fsp3) is 0.500. The number of amides is 1. The Hall–Kier alpha value is -3.53. The molecule has 3 heterocycles. The fourth-order valence-corrected chi connectivity index (χ4v) is 6.80. The first kappa shape index (κ1) is 29.5. The number of carbonyl (C=O) groups is 1. The number of aromatic nitrogens is 2. The van der Waals surface area contributed by atoms with Crippen molar-refractivity contribution in [2.75, 3.05) is 60.2 Å². The summed E-state index contributed by atoms with van der Waals surface area (Å²) in [6.07, 6.45) is 2.22. The molecule has 9 nitrogen and oxygen atoms in total. The third-order valence-electron chi connectivity index (χ3n) is 8.94. The summed E-state index contributed by atoms with van der Waals surface area (Å²) in [5.74, 6) is 2.64. The van der Waals surface area contributed by atoms with Gasteiger partial charge in [0, 0.05) is 70.3 Å². The highest BCUT2D eigenvalue weighted by Gasteiger charge is 2.43. The Morgan fingerprint density at radius 2 is 1.58 bits per heavy atom. The van der Waals surface area contributed by atoms with E-state index in [4.69, 9.17) is 24.2 Å². The van der Waals surface area contributed by atoms with Crippen LogP contribution in [-0.2, 0) is 16.1 Å². The Labute approximate surface area is 254 Å². The highest BCUT2D eigenvalue weighted by molar-refractivity contribution is 5.77. The van der Waals surface area contributed by atoms with Crippen LogP contribution in [0.4, 0.5) is 0 Å². The SMILES string of the molecule is CCOc1nc(C2CC2)nc(OC)c1CN1C[C@@H]2CN(C(=O)COC)CCN2[C@H](C(c2ccccc2)c2ccccc2)C1. The molecule has 3 aromatic rings. The molecule has 2 aromatic carbocycles. The first-order valence-corrected chi connectivity index (χ1v) is 15.5. The molecule has 1 amide bonds. The van der Waals surface area contributed by atoms with E-state index in [1.807, 2.05) is 11.8 Å². The maximum Gasteiger partial charge on any atom is 0.248 e. The Balaban J connectivity index is 1.37. The quantitative estimate of drug-likeness (QED) is 0.335. The lowest BCUT2D eigenvalue weighted by Crippen LogP contribution is -2.67. The second kappa shape index (κ2) is 13.4. The normalized spacial score (nSPS) is 21.1. The van der Waals surface area contributed by atoms with Crippen LogP contribution in [-0.4, -0.2) is 103 Å². The lowest BCUT2D eigenvalue weighted by atomic mass is 9.81. The molecule has 2 aliphatic heterocycles. The van der Waals surface area contributed by atoms with Crippen molar-refractivity contribution in [3.8, 4) is 11.8 Å². The fourth-order valence-electron chi connectivity index (χ4n) is 6.80. The van der Waals surface area contributed by atoms with Gasteiger partial charge in [0.1, 0.15) is 12.4 Å². The van der Waals surface area contributed by atoms with Crippen molar-refractivity contribution in [3.63, 3.8) is 0 Å². The zero-order valence-electron chi connectivity index (χ0n) is 25.5. The minimum absolute atomic E-state index is 0.0443. The summed E-state index contributed by atoms with van der Waals surface area (Å²) < 4.78 is 17.2. The van der Waals surface area contributed by atoms with Gasteiger partial charge >= 0.3 is 0 Å². The third-order valence-corrected chi connectivity index (χ3v) is 8.94. The largest absolute Gasteiger partial charge is 0.481 e. The van der Waals surface area contributed by atoms with E-state index in [0.29, 0.717) is 43.9 Å². The lowest BCUT2D eigenvalue weighted by molar-refractivity contribution is -0.140. The topological polar surface area (TPSA) is 80.3 Å². The molecule has 9 heteroatoms. The van der Waals surface area contributed by atoms with Gasteiger partial charge in [0.05, 0.1) is 19.3 Å². The van der Waals surface area contributed by atoms with Crippen LogP contribution in [0.2, 0.25) is 0 Å². The molecule has 0 radical (unpaired) electrons. The summed E-state index contributed by atoms with van der Waals surface area (Å²) >= 11 is 0. The Bertz CT molecular complexity index is 1330.